The number of aryl methyl sites for hydroxylation is 1. The first kappa shape index (κ1) is 21.4. The van der Waals surface area contributed by atoms with Gasteiger partial charge in [0.15, 0.2) is 0 Å². The van der Waals surface area contributed by atoms with Crippen LogP contribution >= 0.6 is 0 Å². The summed E-state index contributed by atoms with van der Waals surface area (Å²) in [5.74, 6) is -1.92. The van der Waals surface area contributed by atoms with E-state index >= 15 is 0 Å². The molecule has 1 aromatic rings. The largest absolute Gasteiger partial charge is 0.463 e. The quantitative estimate of drug-likeness (QED) is 0.678. The van der Waals surface area contributed by atoms with Crippen molar-refractivity contribution in [1.29, 1.82) is 0 Å². The van der Waals surface area contributed by atoms with E-state index in [1.807, 2.05) is 32.0 Å². The summed E-state index contributed by atoms with van der Waals surface area (Å²) < 4.78 is 10.3. The van der Waals surface area contributed by atoms with Crippen molar-refractivity contribution in [2.45, 2.75) is 27.2 Å². The molecule has 1 saturated heterocycles. The molecule has 2 N–H and O–H groups in total. The van der Waals surface area contributed by atoms with Crippen LogP contribution in [0.4, 0.5) is 10.5 Å². The SMILES string of the molecule is CCOC(=O)C1=C(COC(=O)[C@H]2CC(=O)N(c3cccc(C)c3C)C2)NC(=O)NC1. The third-order valence-corrected chi connectivity index (χ3v) is 5.26. The predicted octanol–water partition coefficient (Wildman–Crippen LogP) is 1.33. The zero-order valence-electron chi connectivity index (χ0n) is 17.2. The normalized spacial score (nSPS) is 18.8. The Labute approximate surface area is 174 Å². The maximum absolute atomic E-state index is 12.6. The van der Waals surface area contributed by atoms with Crippen molar-refractivity contribution in [1.82, 2.24) is 10.6 Å². The van der Waals surface area contributed by atoms with Crippen LogP contribution in [0.15, 0.2) is 29.5 Å². The van der Waals surface area contributed by atoms with Gasteiger partial charge in [0.1, 0.15) is 6.61 Å². The van der Waals surface area contributed by atoms with Gasteiger partial charge < -0.3 is 25.0 Å². The first-order chi connectivity index (χ1) is 14.3. The number of rotatable bonds is 6. The van der Waals surface area contributed by atoms with E-state index in [4.69, 9.17) is 9.47 Å². The molecule has 0 aromatic heterocycles. The van der Waals surface area contributed by atoms with E-state index in [-0.39, 0.29) is 49.9 Å². The number of nitrogens with one attached hydrogen (secondary N) is 2. The average Bonchev–Trinajstić information content (AvgIpc) is 3.10. The topological polar surface area (TPSA) is 114 Å². The summed E-state index contributed by atoms with van der Waals surface area (Å²) >= 11 is 0. The van der Waals surface area contributed by atoms with Gasteiger partial charge in [-0.25, -0.2) is 9.59 Å². The zero-order valence-corrected chi connectivity index (χ0v) is 17.2. The maximum atomic E-state index is 12.6. The van der Waals surface area contributed by atoms with Gasteiger partial charge in [-0.1, -0.05) is 12.1 Å². The Hall–Kier alpha value is -3.36. The molecular weight excluding hydrogens is 390 g/mol. The van der Waals surface area contributed by atoms with Crippen LogP contribution in [0.5, 0.6) is 0 Å². The van der Waals surface area contributed by atoms with Crippen LogP contribution in [0.3, 0.4) is 0 Å². The number of urea groups is 1. The van der Waals surface area contributed by atoms with Gasteiger partial charge >= 0.3 is 18.0 Å². The number of hydrogen-bond donors (Lipinski definition) is 2. The second kappa shape index (κ2) is 8.98. The van der Waals surface area contributed by atoms with Crippen LogP contribution < -0.4 is 15.5 Å². The molecule has 30 heavy (non-hydrogen) atoms. The first-order valence-electron chi connectivity index (χ1n) is 9.79. The van der Waals surface area contributed by atoms with Crippen molar-refractivity contribution in [3.8, 4) is 0 Å². The van der Waals surface area contributed by atoms with E-state index in [0.717, 1.165) is 16.8 Å². The Balaban J connectivity index is 1.67. The molecule has 1 atom stereocenters. The number of carbonyl (C=O) groups excluding carboxylic acids is 4. The molecule has 160 valence electrons. The van der Waals surface area contributed by atoms with Crippen molar-refractivity contribution in [2.75, 3.05) is 31.2 Å². The van der Waals surface area contributed by atoms with Crippen molar-refractivity contribution in [3.05, 3.63) is 40.6 Å². The van der Waals surface area contributed by atoms with Gasteiger partial charge in [-0.05, 0) is 38.0 Å². The minimum Gasteiger partial charge on any atom is -0.463 e. The van der Waals surface area contributed by atoms with Crippen molar-refractivity contribution in [3.63, 3.8) is 0 Å². The zero-order chi connectivity index (χ0) is 21.8. The molecule has 0 radical (unpaired) electrons. The van der Waals surface area contributed by atoms with Crippen LogP contribution in [0.25, 0.3) is 0 Å². The highest BCUT2D eigenvalue weighted by Crippen LogP contribution is 2.30. The van der Waals surface area contributed by atoms with Crippen LogP contribution in [-0.4, -0.2) is 50.2 Å². The molecular formula is C21H25N3O6. The summed E-state index contributed by atoms with van der Waals surface area (Å²) in [6.45, 7) is 5.68. The maximum Gasteiger partial charge on any atom is 0.337 e. The van der Waals surface area contributed by atoms with Crippen LogP contribution in [0, 0.1) is 19.8 Å². The number of ether oxygens (including phenoxy) is 2. The summed E-state index contributed by atoms with van der Waals surface area (Å²) in [4.78, 5) is 50.3. The molecule has 9 heteroatoms. The van der Waals surface area contributed by atoms with Crippen LogP contribution in [-0.2, 0) is 23.9 Å². The Morgan fingerprint density at radius 2 is 1.97 bits per heavy atom. The molecule has 3 rings (SSSR count). The molecule has 0 unspecified atom stereocenters. The number of carbonyl (C=O) groups is 4. The highest BCUT2D eigenvalue weighted by molar-refractivity contribution is 6.00. The molecule has 3 amide bonds. The lowest BCUT2D eigenvalue weighted by molar-refractivity contribution is -0.147. The fourth-order valence-corrected chi connectivity index (χ4v) is 3.46. The number of hydrogen-bond acceptors (Lipinski definition) is 6. The van der Waals surface area contributed by atoms with Gasteiger partial charge in [0.05, 0.1) is 30.3 Å². The highest BCUT2D eigenvalue weighted by atomic mass is 16.5. The minimum atomic E-state index is -0.624. The third kappa shape index (κ3) is 4.45. The van der Waals surface area contributed by atoms with E-state index in [1.54, 1.807) is 11.8 Å². The van der Waals surface area contributed by atoms with Crippen molar-refractivity contribution >= 4 is 29.6 Å². The van der Waals surface area contributed by atoms with Gasteiger partial charge in [0, 0.05) is 18.7 Å². The molecule has 2 aliphatic rings. The second-order valence-electron chi connectivity index (χ2n) is 7.22. The molecule has 0 bridgehead atoms. The van der Waals surface area contributed by atoms with E-state index in [2.05, 4.69) is 10.6 Å². The molecule has 0 aliphatic carbocycles. The molecule has 1 aromatic carbocycles. The van der Waals surface area contributed by atoms with Gasteiger partial charge in [-0.3, -0.25) is 9.59 Å². The standard InChI is InChI=1S/C21H25N3O6/c1-4-29-20(27)15-9-22-21(28)23-16(15)11-30-19(26)14-8-18(25)24(10-14)17-7-5-6-12(2)13(17)3/h5-7,14H,4,8-11H2,1-3H3,(H2,22,23,28)/t14-/m0/s1. The summed E-state index contributed by atoms with van der Waals surface area (Å²) in [6.07, 6.45) is 0.0455. The van der Waals surface area contributed by atoms with Gasteiger partial charge in [-0.2, -0.15) is 0 Å². The summed E-state index contributed by atoms with van der Waals surface area (Å²) in [5.41, 5.74) is 3.21. The lowest BCUT2D eigenvalue weighted by atomic mass is 10.1. The Kier molecular flexibility index (Phi) is 6.39. The minimum absolute atomic E-state index is 0.0140. The fourth-order valence-electron chi connectivity index (χ4n) is 3.46. The molecule has 0 spiro atoms. The van der Waals surface area contributed by atoms with E-state index in [1.165, 1.54) is 0 Å². The number of amides is 3. The molecule has 1 fully saturated rings. The second-order valence-corrected chi connectivity index (χ2v) is 7.22. The summed E-state index contributed by atoms with van der Waals surface area (Å²) in [5, 5.41) is 4.97. The monoisotopic (exact) mass is 415 g/mol. The smallest absolute Gasteiger partial charge is 0.337 e. The lowest BCUT2D eigenvalue weighted by Gasteiger charge is -2.22. The number of esters is 2. The van der Waals surface area contributed by atoms with Crippen molar-refractivity contribution in [2.24, 2.45) is 5.92 Å². The Bertz CT molecular complexity index is 923. The lowest BCUT2D eigenvalue weighted by Crippen LogP contribution is -2.45. The average molecular weight is 415 g/mol. The Morgan fingerprint density at radius 3 is 2.70 bits per heavy atom. The molecule has 2 heterocycles. The van der Waals surface area contributed by atoms with E-state index < -0.39 is 23.9 Å². The third-order valence-electron chi connectivity index (χ3n) is 5.26. The Morgan fingerprint density at radius 1 is 1.20 bits per heavy atom. The van der Waals surface area contributed by atoms with E-state index in [9.17, 15) is 19.2 Å². The summed E-state index contributed by atoms with van der Waals surface area (Å²) in [6, 6.07) is 5.20. The summed E-state index contributed by atoms with van der Waals surface area (Å²) in [7, 11) is 0. The van der Waals surface area contributed by atoms with Crippen molar-refractivity contribution < 1.29 is 28.7 Å². The van der Waals surface area contributed by atoms with Gasteiger partial charge in [-0.15, -0.1) is 0 Å². The molecule has 0 saturated carbocycles. The van der Waals surface area contributed by atoms with Gasteiger partial charge in [0.2, 0.25) is 5.91 Å². The van der Waals surface area contributed by atoms with E-state index in [0.29, 0.717) is 0 Å². The first-order valence-corrected chi connectivity index (χ1v) is 9.79. The number of benzene rings is 1. The highest BCUT2D eigenvalue weighted by Gasteiger charge is 2.37. The predicted molar refractivity (Wildman–Crippen MR) is 108 cm³/mol. The van der Waals surface area contributed by atoms with Gasteiger partial charge in [0.25, 0.3) is 0 Å². The molecule has 2 aliphatic heterocycles. The number of nitrogens with zero attached hydrogens (tertiary/aromatic N) is 1. The van der Waals surface area contributed by atoms with Crippen LogP contribution in [0.2, 0.25) is 0 Å². The van der Waals surface area contributed by atoms with Crippen LogP contribution in [0.1, 0.15) is 24.5 Å². The fraction of sp³-hybridized carbons (Fsp3) is 0.429. The molecule has 9 nitrogen and oxygen atoms in total. The number of anilines is 1.